The maximum Gasteiger partial charge on any atom is 0.329 e. The van der Waals surface area contributed by atoms with Crippen LogP contribution in [-0.2, 0) is 26.1 Å². The summed E-state index contributed by atoms with van der Waals surface area (Å²) < 4.78 is 46.5. The Morgan fingerprint density at radius 3 is 2.58 bits per heavy atom. The molecular weight excluding hydrogens is 841 g/mol. The van der Waals surface area contributed by atoms with Gasteiger partial charge in [-0.15, -0.1) is 0 Å². The van der Waals surface area contributed by atoms with Gasteiger partial charge in [0, 0.05) is 77.2 Å². The molecule has 17 nitrogen and oxygen atoms in total. The number of imide groups is 1. The minimum absolute atomic E-state index is 0.00561. The largest absolute Gasteiger partial charge is 0.381 e. The van der Waals surface area contributed by atoms with Crippen molar-refractivity contribution in [1.29, 1.82) is 0 Å². The number of halogens is 2. The van der Waals surface area contributed by atoms with Gasteiger partial charge in [0.1, 0.15) is 24.0 Å². The van der Waals surface area contributed by atoms with Crippen LogP contribution in [-0.4, -0.2) is 115 Å². The number of anilines is 2. The van der Waals surface area contributed by atoms with Gasteiger partial charge in [-0.1, -0.05) is 17.9 Å². The Kier molecular flexibility index (Phi) is 11.7. The summed E-state index contributed by atoms with van der Waals surface area (Å²) in [5.41, 5.74) is 1.90. The number of carbonyl (C=O) groups is 3. The van der Waals surface area contributed by atoms with Crippen LogP contribution in [0.2, 0.25) is 0 Å². The lowest BCUT2D eigenvalue weighted by Crippen LogP contribution is -2.58. The number of nitrogens with one attached hydrogen (secondary N) is 2. The third kappa shape index (κ3) is 8.54. The lowest BCUT2D eigenvalue weighted by molar-refractivity contribution is -0.135. The predicted octanol–water partition coefficient (Wildman–Crippen LogP) is 4.63. The summed E-state index contributed by atoms with van der Waals surface area (Å²) in [5.74, 6) is 6.15. The Labute approximate surface area is 373 Å². The molecule has 1 aromatic carbocycles. The zero-order valence-corrected chi connectivity index (χ0v) is 36.4. The molecule has 8 heterocycles. The van der Waals surface area contributed by atoms with E-state index >= 15 is 0 Å². The molecule has 10 rings (SSSR count). The number of imidazole rings is 1. The molecule has 2 N–H and O–H groups in total. The summed E-state index contributed by atoms with van der Waals surface area (Å²) in [7, 11) is 1.66. The molecule has 5 fully saturated rings. The Morgan fingerprint density at radius 1 is 1.05 bits per heavy atom. The minimum atomic E-state index is -2.86. The van der Waals surface area contributed by atoms with Crippen molar-refractivity contribution in [1.82, 2.24) is 43.7 Å². The standard InChI is InChI=1S/C46H53F2N11O6/c1-54-40-30(4-2-6-35(40)59(45(54)63)36-11-12-38(60)52-44(36)62)5-3-21-65-32-13-18-55(19-14-32)25-29-7-9-31(10-8-29)58-26-34(39(53-58)41(47)48)50-43(61)33-24-49-57-20-15-37(51-42(33)57)56-27-46(28-56)16-22-64-23-17-46/h2,4,6,15,20,24,26,29,31-32,36,41H,7-14,16-19,21-23,25,27-28H2,1H3,(H,50,61)(H,52,60,62). The number of likely N-dealkylation sites (tertiary alicyclic amines) is 1. The summed E-state index contributed by atoms with van der Waals surface area (Å²) >= 11 is 0. The molecule has 0 radical (unpaired) electrons. The molecule has 1 saturated carbocycles. The molecule has 5 aliphatic rings. The van der Waals surface area contributed by atoms with Crippen molar-refractivity contribution in [3.8, 4) is 11.8 Å². The number of nitrogens with zero attached hydrogens (tertiary/aromatic N) is 9. The number of aryl methyl sites for hydroxylation is 1. The number of fused-ring (bicyclic) bond motifs is 2. The van der Waals surface area contributed by atoms with Crippen molar-refractivity contribution in [3.05, 3.63) is 70.2 Å². The Hall–Kier alpha value is -5.97. The lowest BCUT2D eigenvalue weighted by atomic mass is 9.73. The van der Waals surface area contributed by atoms with Crippen molar-refractivity contribution < 1.29 is 32.6 Å². The van der Waals surface area contributed by atoms with E-state index in [4.69, 9.17) is 14.5 Å². The van der Waals surface area contributed by atoms with E-state index in [1.807, 2.05) is 18.2 Å². The quantitative estimate of drug-likeness (QED) is 0.148. The molecule has 1 unspecified atom stereocenters. The van der Waals surface area contributed by atoms with Crippen molar-refractivity contribution >= 4 is 45.9 Å². The highest BCUT2D eigenvalue weighted by molar-refractivity contribution is 6.08. The average molecular weight is 894 g/mol. The van der Waals surface area contributed by atoms with E-state index in [9.17, 15) is 28.0 Å². The van der Waals surface area contributed by atoms with Gasteiger partial charge >= 0.3 is 5.69 Å². The van der Waals surface area contributed by atoms with Gasteiger partial charge in [-0.25, -0.2) is 23.1 Å². The fourth-order valence-electron chi connectivity index (χ4n) is 10.6. The summed E-state index contributed by atoms with van der Waals surface area (Å²) in [5, 5.41) is 13.6. The van der Waals surface area contributed by atoms with E-state index in [0.717, 1.165) is 103 Å². The minimum Gasteiger partial charge on any atom is -0.381 e. The van der Waals surface area contributed by atoms with E-state index in [1.165, 1.54) is 19.8 Å². The van der Waals surface area contributed by atoms with Gasteiger partial charge in [-0.3, -0.25) is 33.5 Å². The van der Waals surface area contributed by atoms with Crippen LogP contribution < -0.4 is 21.2 Å². The van der Waals surface area contributed by atoms with E-state index in [0.29, 0.717) is 28.2 Å². The van der Waals surface area contributed by atoms with Crippen LogP contribution in [0.1, 0.15) is 104 Å². The smallest absolute Gasteiger partial charge is 0.329 e. The first kappa shape index (κ1) is 43.0. The van der Waals surface area contributed by atoms with Gasteiger partial charge in [0.15, 0.2) is 11.3 Å². The number of benzene rings is 1. The SMILES string of the molecule is Cn1c(=O)n(C2CCC(=O)NC2=O)c2cccc(C#CCOC3CCN(CC4CCC(n5cc(NC(=O)c6cnn7ccc(N8CC9(CCOCC9)C8)nc67)c(C(F)F)n5)CC4)CC3)c21. The summed E-state index contributed by atoms with van der Waals surface area (Å²) in [4.78, 5) is 60.6. The van der Waals surface area contributed by atoms with Crippen LogP contribution in [0.5, 0.6) is 0 Å². The van der Waals surface area contributed by atoms with Crippen LogP contribution >= 0.6 is 0 Å². The summed E-state index contributed by atoms with van der Waals surface area (Å²) in [6, 6.07) is 6.51. The molecule has 65 heavy (non-hydrogen) atoms. The van der Waals surface area contributed by atoms with E-state index < -0.39 is 30.0 Å². The number of carbonyl (C=O) groups excluding carboxylic acids is 3. The molecule has 342 valence electrons. The van der Waals surface area contributed by atoms with Gasteiger partial charge in [0.25, 0.3) is 12.3 Å². The van der Waals surface area contributed by atoms with Crippen molar-refractivity contribution in [2.24, 2.45) is 18.4 Å². The second-order valence-corrected chi connectivity index (χ2v) is 18.4. The number of alkyl halides is 2. The molecule has 1 atom stereocenters. The molecule has 0 bridgehead atoms. The zero-order chi connectivity index (χ0) is 44.8. The highest BCUT2D eigenvalue weighted by atomic mass is 19.3. The van der Waals surface area contributed by atoms with Crippen LogP contribution in [0.15, 0.2) is 47.7 Å². The first-order valence-electron chi connectivity index (χ1n) is 22.7. The average Bonchev–Trinajstić information content (AvgIpc) is 3.99. The Balaban J connectivity index is 0.694. The maximum absolute atomic E-state index is 14.3. The van der Waals surface area contributed by atoms with Gasteiger partial charge < -0.3 is 24.6 Å². The summed E-state index contributed by atoms with van der Waals surface area (Å²) in [6.07, 6.45) is 9.69. The second-order valence-electron chi connectivity index (χ2n) is 18.4. The fraction of sp³-hybridized carbons (Fsp3) is 0.543. The molecule has 1 spiro atoms. The van der Waals surface area contributed by atoms with Crippen LogP contribution in [0.4, 0.5) is 20.3 Å². The number of hydrogen-bond acceptors (Lipinski definition) is 11. The number of piperidine rings is 2. The Bertz CT molecular complexity index is 2740. The van der Waals surface area contributed by atoms with Crippen molar-refractivity contribution in [2.75, 3.05) is 62.8 Å². The monoisotopic (exact) mass is 893 g/mol. The molecule has 4 aromatic heterocycles. The maximum atomic E-state index is 14.3. The van der Waals surface area contributed by atoms with Gasteiger partial charge in [0.05, 0.1) is 40.6 Å². The molecular formula is C46H53F2N11O6. The third-order valence-corrected chi connectivity index (χ3v) is 14.2. The first-order valence-corrected chi connectivity index (χ1v) is 22.7. The van der Waals surface area contributed by atoms with Gasteiger partial charge in [-0.05, 0) is 81.9 Å². The molecule has 1 aliphatic carbocycles. The fourth-order valence-corrected chi connectivity index (χ4v) is 10.6. The highest BCUT2D eigenvalue weighted by Gasteiger charge is 2.44. The second kappa shape index (κ2) is 17.8. The molecule has 19 heteroatoms. The molecule has 4 aliphatic heterocycles. The third-order valence-electron chi connectivity index (χ3n) is 14.2. The number of hydrogen-bond donors (Lipinski definition) is 2. The molecule has 5 aromatic rings. The number of ether oxygens (including phenoxy) is 2. The van der Waals surface area contributed by atoms with Gasteiger partial charge in [-0.2, -0.15) is 10.2 Å². The van der Waals surface area contributed by atoms with E-state index in [1.54, 1.807) is 30.2 Å². The van der Waals surface area contributed by atoms with E-state index in [2.05, 4.69) is 42.5 Å². The number of para-hydroxylation sites is 1. The highest BCUT2D eigenvalue weighted by Crippen LogP contribution is 2.42. The number of rotatable bonds is 10. The lowest BCUT2D eigenvalue weighted by Gasteiger charge is -2.52. The van der Waals surface area contributed by atoms with E-state index in [-0.39, 0.29) is 59.9 Å². The normalized spacial score (nSPS) is 22.9. The molecule has 3 amide bonds. The Morgan fingerprint density at radius 2 is 1.83 bits per heavy atom. The van der Waals surface area contributed by atoms with Crippen LogP contribution in [0.3, 0.4) is 0 Å². The van der Waals surface area contributed by atoms with Crippen molar-refractivity contribution in [2.45, 2.75) is 88.8 Å². The number of amides is 3. The molecule has 4 saturated heterocycles. The predicted molar refractivity (Wildman–Crippen MR) is 235 cm³/mol. The number of aromatic nitrogens is 7. The topological polar surface area (TPSA) is 175 Å². The van der Waals surface area contributed by atoms with Crippen LogP contribution in [0, 0.1) is 23.2 Å². The zero-order valence-electron chi connectivity index (χ0n) is 36.4. The summed E-state index contributed by atoms with van der Waals surface area (Å²) in [6.45, 7) is 6.32. The van der Waals surface area contributed by atoms with Gasteiger partial charge in [0.2, 0.25) is 11.8 Å². The van der Waals surface area contributed by atoms with Crippen molar-refractivity contribution in [3.63, 3.8) is 0 Å². The first-order chi connectivity index (χ1) is 31.5. The van der Waals surface area contributed by atoms with Crippen LogP contribution in [0.25, 0.3) is 16.7 Å².